The van der Waals surface area contributed by atoms with E-state index in [-0.39, 0.29) is 0 Å². The maximum Gasteiger partial charge on any atom is 0.224 e. The highest BCUT2D eigenvalue weighted by molar-refractivity contribution is 5.67. The molecule has 0 atom stereocenters. The molecule has 0 saturated carbocycles. The van der Waals surface area contributed by atoms with Crippen LogP contribution in [0.4, 0.5) is 17.5 Å². The van der Waals surface area contributed by atoms with Crippen molar-refractivity contribution in [2.24, 2.45) is 0 Å². The van der Waals surface area contributed by atoms with Crippen LogP contribution >= 0.6 is 0 Å². The molecule has 1 heterocycles. The summed E-state index contributed by atoms with van der Waals surface area (Å²) in [4.78, 5) is 8.89. The van der Waals surface area contributed by atoms with E-state index in [2.05, 4.69) is 26.7 Å². The highest BCUT2D eigenvalue weighted by Gasteiger charge is 2.06. The van der Waals surface area contributed by atoms with Crippen molar-refractivity contribution < 1.29 is 0 Å². The van der Waals surface area contributed by atoms with Crippen molar-refractivity contribution in [2.45, 2.75) is 0 Å². The number of hydrogen-bond acceptors (Lipinski definition) is 5. The molecule has 0 amide bonds. The summed E-state index contributed by atoms with van der Waals surface area (Å²) >= 11 is 0. The largest absolute Gasteiger partial charge is 0.357 e. The van der Waals surface area contributed by atoms with E-state index >= 15 is 0 Å². The third-order valence-electron chi connectivity index (χ3n) is 3.28. The van der Waals surface area contributed by atoms with Gasteiger partial charge < -0.3 is 10.6 Å². The minimum absolute atomic E-state index is 0.533. The Labute approximate surface area is 134 Å². The number of benzene rings is 2. The van der Waals surface area contributed by atoms with Gasteiger partial charge in [0.05, 0.1) is 17.3 Å². The lowest BCUT2D eigenvalue weighted by atomic mass is 10.1. The van der Waals surface area contributed by atoms with Gasteiger partial charge in [0, 0.05) is 24.4 Å². The summed E-state index contributed by atoms with van der Waals surface area (Å²) in [5.41, 5.74) is 3.24. The van der Waals surface area contributed by atoms with Crippen LogP contribution in [0.25, 0.3) is 11.3 Å². The van der Waals surface area contributed by atoms with Crippen LogP contribution in [0.2, 0.25) is 0 Å². The maximum absolute atomic E-state index is 8.99. The van der Waals surface area contributed by atoms with Crippen LogP contribution in [0.1, 0.15) is 5.56 Å². The van der Waals surface area contributed by atoms with Crippen LogP contribution < -0.4 is 10.6 Å². The quantitative estimate of drug-likeness (QED) is 0.766. The van der Waals surface area contributed by atoms with E-state index in [4.69, 9.17) is 5.26 Å². The van der Waals surface area contributed by atoms with Gasteiger partial charge in [0.1, 0.15) is 5.82 Å². The predicted octanol–water partition coefficient (Wildman–Crippen LogP) is 3.80. The monoisotopic (exact) mass is 301 g/mol. The van der Waals surface area contributed by atoms with E-state index in [1.165, 1.54) is 0 Å². The fourth-order valence-electron chi connectivity index (χ4n) is 2.19. The van der Waals surface area contributed by atoms with Crippen LogP contribution in [0.5, 0.6) is 0 Å². The third-order valence-corrected chi connectivity index (χ3v) is 3.28. The Morgan fingerprint density at radius 1 is 0.957 bits per heavy atom. The number of nitrogens with zero attached hydrogens (tertiary/aromatic N) is 3. The molecule has 2 aromatic carbocycles. The summed E-state index contributed by atoms with van der Waals surface area (Å²) in [6.45, 7) is 0. The molecule has 3 aromatic rings. The second-order valence-electron chi connectivity index (χ2n) is 4.90. The summed E-state index contributed by atoms with van der Waals surface area (Å²) < 4.78 is 0. The summed E-state index contributed by atoms with van der Waals surface area (Å²) in [5, 5.41) is 15.2. The second-order valence-corrected chi connectivity index (χ2v) is 4.90. The highest BCUT2D eigenvalue weighted by atomic mass is 15.1. The molecule has 3 rings (SSSR count). The average Bonchev–Trinajstić information content (AvgIpc) is 2.62. The van der Waals surface area contributed by atoms with Gasteiger partial charge in [0.2, 0.25) is 5.95 Å². The van der Waals surface area contributed by atoms with Crippen molar-refractivity contribution in [3.8, 4) is 17.3 Å². The first-order valence-electron chi connectivity index (χ1n) is 7.18. The molecule has 0 aliphatic carbocycles. The molecule has 0 bridgehead atoms. The van der Waals surface area contributed by atoms with Gasteiger partial charge in [-0.25, -0.2) is 4.98 Å². The van der Waals surface area contributed by atoms with Gasteiger partial charge in [-0.3, -0.25) is 0 Å². The Morgan fingerprint density at radius 3 is 2.52 bits per heavy atom. The highest BCUT2D eigenvalue weighted by Crippen LogP contribution is 2.23. The molecular formula is C18H15N5. The molecule has 0 aliphatic rings. The minimum atomic E-state index is 0.533. The van der Waals surface area contributed by atoms with Gasteiger partial charge in [0.25, 0.3) is 0 Å². The van der Waals surface area contributed by atoms with Gasteiger partial charge in [-0.2, -0.15) is 10.2 Å². The zero-order chi connectivity index (χ0) is 16.1. The lowest BCUT2D eigenvalue weighted by Crippen LogP contribution is -2.02. The van der Waals surface area contributed by atoms with Crippen molar-refractivity contribution >= 4 is 17.5 Å². The van der Waals surface area contributed by atoms with Gasteiger partial charge in [-0.05, 0) is 18.2 Å². The SMILES string of the molecule is CNc1nc(Nc2cccc(C#N)c2)cc(-c2ccccc2)n1. The molecule has 0 radical (unpaired) electrons. The predicted molar refractivity (Wildman–Crippen MR) is 91.5 cm³/mol. The van der Waals surface area contributed by atoms with E-state index < -0.39 is 0 Å². The van der Waals surface area contributed by atoms with Crippen molar-refractivity contribution in [3.63, 3.8) is 0 Å². The van der Waals surface area contributed by atoms with Crippen LogP contribution in [-0.2, 0) is 0 Å². The molecule has 2 N–H and O–H groups in total. The van der Waals surface area contributed by atoms with Gasteiger partial charge in [0.15, 0.2) is 0 Å². The first-order chi connectivity index (χ1) is 11.3. The van der Waals surface area contributed by atoms with Crippen LogP contribution in [-0.4, -0.2) is 17.0 Å². The van der Waals surface area contributed by atoms with E-state index in [1.54, 1.807) is 19.2 Å². The van der Waals surface area contributed by atoms with Crippen molar-refractivity contribution in [1.29, 1.82) is 5.26 Å². The topological polar surface area (TPSA) is 73.6 Å². The van der Waals surface area contributed by atoms with Crippen molar-refractivity contribution in [2.75, 3.05) is 17.7 Å². The Balaban J connectivity index is 1.97. The van der Waals surface area contributed by atoms with Gasteiger partial charge in [-0.1, -0.05) is 36.4 Å². The average molecular weight is 301 g/mol. The maximum atomic E-state index is 8.99. The molecule has 112 valence electrons. The Kier molecular flexibility index (Phi) is 4.16. The van der Waals surface area contributed by atoms with Crippen LogP contribution in [0.15, 0.2) is 60.7 Å². The standard InChI is InChI=1S/C18H15N5/c1-20-18-22-16(14-7-3-2-4-8-14)11-17(23-18)21-15-9-5-6-13(10-15)12-19/h2-11H,1H3,(H2,20,21,22,23). The molecule has 0 saturated heterocycles. The fourth-order valence-corrected chi connectivity index (χ4v) is 2.19. The Hall–Kier alpha value is -3.39. The Bertz CT molecular complexity index is 853. The molecule has 0 spiro atoms. The second kappa shape index (κ2) is 6.58. The molecule has 0 fully saturated rings. The summed E-state index contributed by atoms with van der Waals surface area (Å²) in [7, 11) is 1.78. The van der Waals surface area contributed by atoms with Crippen molar-refractivity contribution in [1.82, 2.24) is 9.97 Å². The number of nitriles is 1. The molecular weight excluding hydrogens is 286 g/mol. The number of hydrogen-bond donors (Lipinski definition) is 2. The zero-order valence-electron chi connectivity index (χ0n) is 12.6. The van der Waals surface area contributed by atoms with Crippen molar-refractivity contribution in [3.05, 3.63) is 66.2 Å². The van der Waals surface area contributed by atoms with E-state index in [1.807, 2.05) is 48.5 Å². The van der Waals surface area contributed by atoms with E-state index in [0.29, 0.717) is 17.3 Å². The van der Waals surface area contributed by atoms with E-state index in [9.17, 15) is 0 Å². The number of anilines is 3. The Morgan fingerprint density at radius 2 is 1.78 bits per heavy atom. The normalized spacial score (nSPS) is 9.91. The van der Waals surface area contributed by atoms with Crippen LogP contribution in [0, 0.1) is 11.3 Å². The summed E-state index contributed by atoms with van der Waals surface area (Å²) in [6, 6.07) is 21.2. The lowest BCUT2D eigenvalue weighted by molar-refractivity contribution is 1.15. The fraction of sp³-hybridized carbons (Fsp3) is 0.0556. The van der Waals surface area contributed by atoms with Crippen LogP contribution in [0.3, 0.4) is 0 Å². The third kappa shape index (κ3) is 3.44. The summed E-state index contributed by atoms with van der Waals surface area (Å²) in [6.07, 6.45) is 0. The van der Waals surface area contributed by atoms with E-state index in [0.717, 1.165) is 16.9 Å². The number of aromatic nitrogens is 2. The first-order valence-corrected chi connectivity index (χ1v) is 7.18. The smallest absolute Gasteiger partial charge is 0.224 e. The molecule has 5 nitrogen and oxygen atoms in total. The van der Waals surface area contributed by atoms with Gasteiger partial charge in [-0.15, -0.1) is 0 Å². The molecule has 0 aliphatic heterocycles. The zero-order valence-corrected chi connectivity index (χ0v) is 12.6. The number of nitrogens with one attached hydrogen (secondary N) is 2. The van der Waals surface area contributed by atoms with Gasteiger partial charge >= 0.3 is 0 Å². The lowest BCUT2D eigenvalue weighted by Gasteiger charge is -2.10. The molecule has 5 heteroatoms. The molecule has 0 unspecified atom stereocenters. The summed E-state index contributed by atoms with van der Waals surface area (Å²) in [5.74, 6) is 1.20. The molecule has 23 heavy (non-hydrogen) atoms. The first kappa shape index (κ1) is 14.5. The molecule has 1 aromatic heterocycles. The number of rotatable bonds is 4. The minimum Gasteiger partial charge on any atom is -0.357 e.